The van der Waals surface area contributed by atoms with Crippen LogP contribution in [-0.4, -0.2) is 75.2 Å². The Morgan fingerprint density at radius 3 is 3.05 bits per heavy atom. The topological polar surface area (TPSA) is 102 Å². The summed E-state index contributed by atoms with van der Waals surface area (Å²) < 4.78 is 6.99. The summed E-state index contributed by atoms with van der Waals surface area (Å²) in [5.74, 6) is 1.09. The third-order valence-corrected chi connectivity index (χ3v) is 3.71. The van der Waals surface area contributed by atoms with Gasteiger partial charge in [-0.15, -0.1) is 5.10 Å². The van der Waals surface area contributed by atoms with E-state index in [0.29, 0.717) is 30.5 Å². The van der Waals surface area contributed by atoms with Crippen molar-refractivity contribution in [2.45, 2.75) is 12.6 Å². The molecule has 0 aliphatic carbocycles. The summed E-state index contributed by atoms with van der Waals surface area (Å²) in [5.41, 5.74) is 6.07. The molecule has 0 bridgehead atoms. The van der Waals surface area contributed by atoms with Crippen LogP contribution in [0.4, 0.5) is 0 Å². The number of hydrogen-bond acceptors (Lipinski definition) is 8. The van der Waals surface area contributed by atoms with E-state index in [1.165, 1.54) is 0 Å². The van der Waals surface area contributed by atoms with Crippen molar-refractivity contribution >= 4 is 0 Å². The van der Waals surface area contributed by atoms with Gasteiger partial charge in [0.25, 0.3) is 5.89 Å². The molecule has 1 aliphatic heterocycles. The maximum atomic E-state index is 5.49. The van der Waals surface area contributed by atoms with Gasteiger partial charge in [-0.25, -0.2) is 0 Å². The molecule has 2 N–H and O–H groups in total. The molecule has 3 rings (SSSR count). The van der Waals surface area contributed by atoms with Gasteiger partial charge in [0.05, 0.1) is 18.8 Å². The predicted octanol–water partition coefficient (Wildman–Crippen LogP) is -0.795. The fraction of sp³-hybridized carbons (Fsp3) is 0.667. The standard InChI is InChI=1S/C12H20N8O/c1-18-5-6-19(2)10(8-18)11-14-12(21-16-11)9-7-20(4-3-13)17-15-9/h7,10H,3-6,8,13H2,1-2H3. The highest BCUT2D eigenvalue weighted by Gasteiger charge is 2.28. The molecule has 1 saturated heterocycles. The Morgan fingerprint density at radius 1 is 1.38 bits per heavy atom. The Bertz CT molecular complexity index is 594. The van der Waals surface area contributed by atoms with Crippen LogP contribution in [0.1, 0.15) is 11.9 Å². The summed E-state index contributed by atoms with van der Waals surface area (Å²) in [5, 5.41) is 12.1. The number of rotatable bonds is 4. The lowest BCUT2D eigenvalue weighted by atomic mass is 10.2. The van der Waals surface area contributed by atoms with Crippen molar-refractivity contribution in [3.63, 3.8) is 0 Å². The van der Waals surface area contributed by atoms with Gasteiger partial charge >= 0.3 is 0 Å². The molecule has 3 heterocycles. The fourth-order valence-electron chi connectivity index (χ4n) is 2.40. The Kier molecular flexibility index (Phi) is 3.95. The lowest BCUT2D eigenvalue weighted by Crippen LogP contribution is -2.45. The third kappa shape index (κ3) is 2.94. The second kappa shape index (κ2) is 5.88. The molecule has 0 spiro atoms. The summed E-state index contributed by atoms with van der Waals surface area (Å²) in [6.07, 6.45) is 1.76. The molecule has 114 valence electrons. The lowest BCUT2D eigenvalue weighted by Gasteiger charge is -2.35. The maximum absolute atomic E-state index is 5.49. The molecule has 2 aromatic heterocycles. The van der Waals surface area contributed by atoms with Gasteiger partial charge in [-0.1, -0.05) is 10.4 Å². The smallest absolute Gasteiger partial charge is 0.280 e. The van der Waals surface area contributed by atoms with Crippen molar-refractivity contribution in [2.75, 3.05) is 40.3 Å². The average Bonchev–Trinajstić information content (AvgIpc) is 3.10. The molecule has 0 radical (unpaired) electrons. The zero-order valence-corrected chi connectivity index (χ0v) is 12.3. The zero-order valence-electron chi connectivity index (χ0n) is 12.3. The van der Waals surface area contributed by atoms with Crippen LogP contribution in [0.25, 0.3) is 11.6 Å². The van der Waals surface area contributed by atoms with Crippen LogP contribution >= 0.6 is 0 Å². The molecule has 1 fully saturated rings. The van der Waals surface area contributed by atoms with E-state index in [2.05, 4.69) is 44.3 Å². The molecule has 21 heavy (non-hydrogen) atoms. The van der Waals surface area contributed by atoms with E-state index in [9.17, 15) is 0 Å². The van der Waals surface area contributed by atoms with Gasteiger partial charge < -0.3 is 15.2 Å². The van der Waals surface area contributed by atoms with Gasteiger partial charge in [0.1, 0.15) is 0 Å². The van der Waals surface area contributed by atoms with Crippen molar-refractivity contribution in [2.24, 2.45) is 5.73 Å². The summed E-state index contributed by atoms with van der Waals surface area (Å²) in [4.78, 5) is 8.97. The van der Waals surface area contributed by atoms with Crippen LogP contribution in [0, 0.1) is 0 Å². The van der Waals surface area contributed by atoms with Gasteiger partial charge in [-0.05, 0) is 14.1 Å². The van der Waals surface area contributed by atoms with Crippen molar-refractivity contribution < 1.29 is 4.52 Å². The summed E-state index contributed by atoms with van der Waals surface area (Å²) in [7, 11) is 4.17. The number of likely N-dealkylation sites (N-methyl/N-ethyl adjacent to an activating group) is 2. The molecule has 1 atom stereocenters. The number of hydrogen-bond donors (Lipinski definition) is 1. The SMILES string of the molecule is CN1CCN(C)C(c2noc(-c3cn(CCN)nn3)n2)C1. The van der Waals surface area contributed by atoms with Gasteiger partial charge in [0.2, 0.25) is 0 Å². The Balaban J connectivity index is 1.78. The highest BCUT2D eigenvalue weighted by atomic mass is 16.5. The van der Waals surface area contributed by atoms with E-state index in [0.717, 1.165) is 19.6 Å². The molecule has 0 amide bonds. The Hall–Kier alpha value is -1.84. The minimum absolute atomic E-state index is 0.139. The highest BCUT2D eigenvalue weighted by molar-refractivity contribution is 5.43. The van der Waals surface area contributed by atoms with Crippen molar-refractivity contribution in [3.05, 3.63) is 12.0 Å². The molecule has 0 aromatic carbocycles. The van der Waals surface area contributed by atoms with E-state index in [1.54, 1.807) is 10.9 Å². The molecular formula is C12H20N8O. The van der Waals surface area contributed by atoms with E-state index < -0.39 is 0 Å². The molecule has 0 saturated carbocycles. The molecule has 2 aromatic rings. The zero-order chi connectivity index (χ0) is 14.8. The number of aromatic nitrogens is 5. The minimum atomic E-state index is 0.139. The van der Waals surface area contributed by atoms with E-state index in [1.807, 2.05) is 0 Å². The first-order valence-electron chi connectivity index (χ1n) is 7.00. The largest absolute Gasteiger partial charge is 0.332 e. The summed E-state index contributed by atoms with van der Waals surface area (Å²) >= 11 is 0. The highest BCUT2D eigenvalue weighted by Crippen LogP contribution is 2.23. The van der Waals surface area contributed by atoms with E-state index >= 15 is 0 Å². The molecular weight excluding hydrogens is 272 g/mol. The van der Waals surface area contributed by atoms with Crippen LogP contribution in [0.3, 0.4) is 0 Å². The van der Waals surface area contributed by atoms with Crippen molar-refractivity contribution in [3.8, 4) is 11.6 Å². The lowest BCUT2D eigenvalue weighted by molar-refractivity contribution is 0.108. The van der Waals surface area contributed by atoms with E-state index in [-0.39, 0.29) is 6.04 Å². The van der Waals surface area contributed by atoms with Crippen molar-refractivity contribution in [1.29, 1.82) is 0 Å². The second-order valence-corrected chi connectivity index (χ2v) is 5.37. The first-order valence-corrected chi connectivity index (χ1v) is 7.00. The monoisotopic (exact) mass is 292 g/mol. The fourth-order valence-corrected chi connectivity index (χ4v) is 2.40. The summed E-state index contributed by atoms with van der Waals surface area (Å²) in [6.45, 7) is 4.04. The molecule has 9 heteroatoms. The Morgan fingerprint density at radius 2 is 2.24 bits per heavy atom. The van der Waals surface area contributed by atoms with Crippen LogP contribution in [0.2, 0.25) is 0 Å². The third-order valence-electron chi connectivity index (χ3n) is 3.71. The Labute approximate surface area is 122 Å². The first kappa shape index (κ1) is 14.1. The quantitative estimate of drug-likeness (QED) is 0.782. The summed E-state index contributed by atoms with van der Waals surface area (Å²) in [6, 6.07) is 0.139. The van der Waals surface area contributed by atoms with Crippen molar-refractivity contribution in [1.82, 2.24) is 34.9 Å². The van der Waals surface area contributed by atoms with E-state index in [4.69, 9.17) is 10.3 Å². The van der Waals surface area contributed by atoms with Gasteiger partial charge in [0, 0.05) is 26.2 Å². The van der Waals surface area contributed by atoms with Crippen LogP contribution in [0.5, 0.6) is 0 Å². The number of piperazine rings is 1. The average molecular weight is 292 g/mol. The molecule has 1 unspecified atom stereocenters. The predicted molar refractivity (Wildman–Crippen MR) is 75.2 cm³/mol. The van der Waals surface area contributed by atoms with Crippen LogP contribution in [0.15, 0.2) is 10.7 Å². The number of nitrogens with two attached hydrogens (primary N) is 1. The van der Waals surface area contributed by atoms with Gasteiger partial charge in [-0.2, -0.15) is 4.98 Å². The maximum Gasteiger partial charge on any atom is 0.280 e. The normalized spacial score (nSPS) is 21.0. The molecule has 1 aliphatic rings. The first-order chi connectivity index (χ1) is 10.2. The minimum Gasteiger partial charge on any atom is -0.332 e. The second-order valence-electron chi connectivity index (χ2n) is 5.37. The van der Waals surface area contributed by atoms with Crippen LogP contribution < -0.4 is 5.73 Å². The van der Waals surface area contributed by atoms with Crippen LogP contribution in [-0.2, 0) is 6.54 Å². The molecule has 9 nitrogen and oxygen atoms in total. The van der Waals surface area contributed by atoms with Gasteiger partial charge in [-0.3, -0.25) is 9.58 Å². The number of nitrogens with zero attached hydrogens (tertiary/aromatic N) is 7. The van der Waals surface area contributed by atoms with Gasteiger partial charge in [0.15, 0.2) is 11.5 Å².